The molecule has 0 aliphatic rings. The molecule has 31 heavy (non-hydrogen) atoms. The van der Waals surface area contributed by atoms with E-state index in [1.807, 2.05) is 33.2 Å². The van der Waals surface area contributed by atoms with Crippen molar-refractivity contribution in [2.45, 2.75) is 20.0 Å². The number of amides is 1. The lowest BCUT2D eigenvalue weighted by molar-refractivity contribution is 0.0924. The van der Waals surface area contributed by atoms with Gasteiger partial charge in [-0.2, -0.15) is 0 Å². The van der Waals surface area contributed by atoms with Crippen molar-refractivity contribution in [2.24, 2.45) is 0 Å². The summed E-state index contributed by atoms with van der Waals surface area (Å²) in [4.78, 5) is 38.5. The van der Waals surface area contributed by atoms with Crippen LogP contribution >= 0.6 is 0 Å². The molecule has 0 aliphatic carbocycles. The largest absolute Gasteiger partial charge is 0.392 e. The molecule has 4 N–H and O–H groups in total. The zero-order valence-corrected chi connectivity index (χ0v) is 17.9. The molecule has 0 fully saturated rings. The Morgan fingerprint density at radius 1 is 1.26 bits per heavy atom. The molecule has 3 aromatic heterocycles. The zero-order chi connectivity index (χ0) is 22.5. The number of anilines is 3. The predicted octanol–water partition coefficient (Wildman–Crippen LogP) is 2.06. The molecular formula is C22H26N6O3. The Labute approximate surface area is 180 Å². The maximum Gasteiger partial charge on any atom is 0.259 e. The molecule has 0 aromatic carbocycles. The first-order chi connectivity index (χ1) is 14.8. The van der Waals surface area contributed by atoms with Crippen molar-refractivity contribution >= 4 is 23.1 Å². The van der Waals surface area contributed by atoms with Gasteiger partial charge in [-0.25, -0.2) is 0 Å². The number of aliphatic hydroxyl groups excluding tert-OH is 1. The van der Waals surface area contributed by atoms with Crippen LogP contribution < -0.4 is 21.1 Å². The molecule has 0 spiro atoms. The molecule has 0 aliphatic heterocycles. The van der Waals surface area contributed by atoms with Gasteiger partial charge in [0.15, 0.2) is 0 Å². The van der Waals surface area contributed by atoms with Crippen LogP contribution in [0.3, 0.4) is 0 Å². The van der Waals surface area contributed by atoms with Crippen molar-refractivity contribution in [3.63, 3.8) is 0 Å². The van der Waals surface area contributed by atoms with Gasteiger partial charge >= 0.3 is 0 Å². The van der Waals surface area contributed by atoms with Crippen LogP contribution in [0.25, 0.3) is 11.3 Å². The number of aromatic amines is 1. The third kappa shape index (κ3) is 5.26. The second-order valence-electron chi connectivity index (χ2n) is 7.44. The lowest BCUT2D eigenvalue weighted by Crippen LogP contribution is -2.31. The molecule has 162 valence electrons. The van der Waals surface area contributed by atoms with Gasteiger partial charge in [0, 0.05) is 38.7 Å². The number of pyridine rings is 3. The highest BCUT2D eigenvalue weighted by molar-refractivity contribution is 6.00. The molecule has 3 aromatic rings. The number of rotatable bonds is 7. The quantitative estimate of drug-likeness (QED) is 0.459. The summed E-state index contributed by atoms with van der Waals surface area (Å²) in [6.07, 6.45) is 2.35. The number of hydrogen-bond acceptors (Lipinski definition) is 7. The Morgan fingerprint density at radius 2 is 2.03 bits per heavy atom. The Hall–Kier alpha value is -3.72. The van der Waals surface area contributed by atoms with E-state index in [4.69, 9.17) is 0 Å². The van der Waals surface area contributed by atoms with Gasteiger partial charge in [-0.05, 0) is 38.1 Å². The van der Waals surface area contributed by atoms with Gasteiger partial charge in [-0.1, -0.05) is 6.07 Å². The van der Waals surface area contributed by atoms with Crippen molar-refractivity contribution in [2.75, 3.05) is 30.9 Å². The number of aliphatic hydroxyl groups is 1. The fourth-order valence-electron chi connectivity index (χ4n) is 3.02. The normalized spacial score (nSPS) is 11.6. The molecule has 3 heterocycles. The molecule has 0 radical (unpaired) electrons. The van der Waals surface area contributed by atoms with Crippen LogP contribution in [-0.4, -0.2) is 52.7 Å². The summed E-state index contributed by atoms with van der Waals surface area (Å²) in [5.74, 6) is 0.182. The summed E-state index contributed by atoms with van der Waals surface area (Å²) < 4.78 is 0. The molecular weight excluding hydrogens is 396 g/mol. The summed E-state index contributed by atoms with van der Waals surface area (Å²) in [6.45, 7) is 3.57. The van der Waals surface area contributed by atoms with Gasteiger partial charge in [-0.15, -0.1) is 0 Å². The van der Waals surface area contributed by atoms with E-state index in [9.17, 15) is 14.7 Å². The molecule has 0 bridgehead atoms. The van der Waals surface area contributed by atoms with Gasteiger partial charge in [0.25, 0.3) is 11.5 Å². The van der Waals surface area contributed by atoms with Crippen LogP contribution in [0.2, 0.25) is 0 Å². The van der Waals surface area contributed by atoms with Crippen molar-refractivity contribution in [3.05, 3.63) is 64.3 Å². The Bertz CT molecular complexity index is 1140. The molecule has 1 atom stereocenters. The summed E-state index contributed by atoms with van der Waals surface area (Å²) in [6, 6.07) is 8.87. The monoisotopic (exact) mass is 422 g/mol. The van der Waals surface area contributed by atoms with Crippen molar-refractivity contribution in [1.29, 1.82) is 0 Å². The number of carbonyl (C=O) groups is 1. The number of carbonyl (C=O) groups excluding carboxylic acids is 1. The van der Waals surface area contributed by atoms with E-state index in [2.05, 4.69) is 25.6 Å². The molecule has 9 nitrogen and oxygen atoms in total. The van der Waals surface area contributed by atoms with Crippen molar-refractivity contribution in [3.8, 4) is 11.3 Å². The van der Waals surface area contributed by atoms with Crippen LogP contribution in [0.15, 0.2) is 47.5 Å². The van der Waals surface area contributed by atoms with Gasteiger partial charge in [0.05, 0.1) is 34.3 Å². The number of aromatic nitrogens is 3. The van der Waals surface area contributed by atoms with Crippen molar-refractivity contribution < 1.29 is 9.90 Å². The van der Waals surface area contributed by atoms with E-state index < -0.39 is 6.10 Å². The van der Waals surface area contributed by atoms with Gasteiger partial charge in [0.2, 0.25) is 0 Å². The number of hydrogen-bond donors (Lipinski definition) is 4. The number of aryl methyl sites for hydroxylation is 1. The SMILES string of the molecule is Cc1cccc(-c2cc(Nc3ccncc3C(=O)NC[C@H](C)O)c(N(C)C)[nH]c2=O)n1. The third-order valence-electron chi connectivity index (χ3n) is 4.52. The fraction of sp³-hybridized carbons (Fsp3) is 0.273. The topological polar surface area (TPSA) is 123 Å². The first-order valence-electron chi connectivity index (χ1n) is 9.82. The first-order valence-corrected chi connectivity index (χ1v) is 9.82. The Balaban J connectivity index is 2.04. The smallest absolute Gasteiger partial charge is 0.259 e. The fourth-order valence-corrected chi connectivity index (χ4v) is 3.02. The van der Waals surface area contributed by atoms with E-state index >= 15 is 0 Å². The summed E-state index contributed by atoms with van der Waals surface area (Å²) in [5.41, 5.74) is 2.92. The minimum Gasteiger partial charge on any atom is -0.392 e. The zero-order valence-electron chi connectivity index (χ0n) is 17.9. The minimum absolute atomic E-state index is 0.123. The maximum absolute atomic E-state index is 12.7. The summed E-state index contributed by atoms with van der Waals surface area (Å²) >= 11 is 0. The molecule has 0 saturated heterocycles. The molecule has 3 rings (SSSR count). The third-order valence-corrected chi connectivity index (χ3v) is 4.52. The standard InChI is InChI=1S/C22H26N6O3/c1-13-6-5-7-17(25-13)15-10-19(20(28(3)4)27-22(15)31)26-18-8-9-23-12-16(18)21(30)24-11-14(2)29/h5-10,12,14,29H,11H2,1-4H3,(H,23,26)(H,24,30)(H,27,31)/t14-/m0/s1. The highest BCUT2D eigenvalue weighted by Gasteiger charge is 2.17. The molecule has 9 heteroatoms. The Morgan fingerprint density at radius 3 is 2.71 bits per heavy atom. The van der Waals surface area contributed by atoms with E-state index in [1.165, 1.54) is 6.20 Å². The lowest BCUT2D eigenvalue weighted by atomic mass is 10.1. The number of H-pyrrole nitrogens is 1. The molecule has 1 amide bonds. The van der Waals surface area contributed by atoms with Crippen LogP contribution in [-0.2, 0) is 0 Å². The second kappa shape index (κ2) is 9.40. The van der Waals surface area contributed by atoms with Gasteiger partial charge in [-0.3, -0.25) is 19.6 Å². The number of nitrogens with zero attached hydrogens (tertiary/aromatic N) is 3. The van der Waals surface area contributed by atoms with E-state index in [-0.39, 0.29) is 18.0 Å². The highest BCUT2D eigenvalue weighted by Crippen LogP contribution is 2.29. The van der Waals surface area contributed by atoms with Gasteiger partial charge < -0.3 is 25.6 Å². The molecule has 0 saturated carbocycles. The summed E-state index contributed by atoms with van der Waals surface area (Å²) in [5, 5.41) is 15.4. The van der Waals surface area contributed by atoms with Gasteiger partial charge in [0.1, 0.15) is 5.82 Å². The summed E-state index contributed by atoms with van der Waals surface area (Å²) in [7, 11) is 3.62. The highest BCUT2D eigenvalue weighted by atomic mass is 16.3. The number of nitrogens with one attached hydrogen (secondary N) is 3. The van der Waals surface area contributed by atoms with Crippen LogP contribution in [0.5, 0.6) is 0 Å². The van der Waals surface area contributed by atoms with E-state index in [0.29, 0.717) is 34.0 Å². The van der Waals surface area contributed by atoms with E-state index in [0.717, 1.165) is 5.69 Å². The first kappa shape index (κ1) is 22.0. The predicted molar refractivity (Wildman–Crippen MR) is 121 cm³/mol. The van der Waals surface area contributed by atoms with Crippen LogP contribution in [0.4, 0.5) is 17.2 Å². The van der Waals surface area contributed by atoms with Crippen molar-refractivity contribution in [1.82, 2.24) is 20.3 Å². The average Bonchev–Trinajstić information content (AvgIpc) is 2.73. The Kier molecular flexibility index (Phi) is 6.66. The minimum atomic E-state index is -0.666. The van der Waals surface area contributed by atoms with E-state index in [1.54, 1.807) is 36.2 Å². The van der Waals surface area contributed by atoms with Crippen LogP contribution in [0, 0.1) is 6.92 Å². The molecule has 0 unspecified atom stereocenters. The average molecular weight is 422 g/mol. The lowest BCUT2D eigenvalue weighted by Gasteiger charge is -2.20. The second-order valence-corrected chi connectivity index (χ2v) is 7.44. The van der Waals surface area contributed by atoms with Crippen LogP contribution in [0.1, 0.15) is 23.0 Å². The maximum atomic E-state index is 12.7.